The molecule has 1 fully saturated rings. The highest BCUT2D eigenvalue weighted by Crippen LogP contribution is 2.30. The SMILES string of the molecule is CSc1ccc(C(=O)N2CCOCC2)cc1-c1cncnc1. The maximum atomic E-state index is 12.6. The number of benzene rings is 1. The van der Waals surface area contributed by atoms with Gasteiger partial charge < -0.3 is 9.64 Å². The molecule has 0 bridgehead atoms. The maximum Gasteiger partial charge on any atom is 0.254 e. The van der Waals surface area contributed by atoms with E-state index in [1.807, 2.05) is 29.4 Å². The Kier molecular flexibility index (Phi) is 4.70. The predicted octanol–water partition coefficient (Wildman–Crippen LogP) is 2.34. The molecular formula is C16H17N3O2S. The fraction of sp³-hybridized carbons (Fsp3) is 0.312. The lowest BCUT2D eigenvalue weighted by Gasteiger charge is -2.27. The van der Waals surface area contributed by atoms with Gasteiger partial charge in [0.05, 0.1) is 13.2 Å². The average molecular weight is 315 g/mol. The third-order valence-electron chi connectivity index (χ3n) is 3.62. The van der Waals surface area contributed by atoms with Crippen molar-refractivity contribution in [2.24, 2.45) is 0 Å². The summed E-state index contributed by atoms with van der Waals surface area (Å²) in [5.74, 6) is 0.0500. The van der Waals surface area contributed by atoms with Crippen molar-refractivity contribution in [1.82, 2.24) is 14.9 Å². The molecule has 22 heavy (non-hydrogen) atoms. The van der Waals surface area contributed by atoms with Gasteiger partial charge in [0.1, 0.15) is 6.33 Å². The number of morpholine rings is 1. The van der Waals surface area contributed by atoms with Crippen LogP contribution in [-0.2, 0) is 4.74 Å². The highest BCUT2D eigenvalue weighted by atomic mass is 32.2. The van der Waals surface area contributed by atoms with Crippen LogP contribution in [0.25, 0.3) is 11.1 Å². The second-order valence-electron chi connectivity index (χ2n) is 4.95. The molecule has 2 aromatic rings. The van der Waals surface area contributed by atoms with Gasteiger partial charge in [-0.1, -0.05) is 0 Å². The van der Waals surface area contributed by atoms with E-state index in [2.05, 4.69) is 9.97 Å². The molecule has 2 heterocycles. The van der Waals surface area contributed by atoms with Gasteiger partial charge in [-0.05, 0) is 30.0 Å². The number of amides is 1. The Balaban J connectivity index is 1.95. The molecule has 3 rings (SSSR count). The number of carbonyl (C=O) groups excluding carboxylic acids is 1. The summed E-state index contributed by atoms with van der Waals surface area (Å²) in [6, 6.07) is 5.81. The smallest absolute Gasteiger partial charge is 0.254 e. The summed E-state index contributed by atoms with van der Waals surface area (Å²) in [6.07, 6.45) is 7.06. The molecule has 0 atom stereocenters. The number of hydrogen-bond acceptors (Lipinski definition) is 5. The van der Waals surface area contributed by atoms with Gasteiger partial charge >= 0.3 is 0 Å². The molecule has 1 aromatic carbocycles. The summed E-state index contributed by atoms with van der Waals surface area (Å²) in [6.45, 7) is 2.50. The lowest BCUT2D eigenvalue weighted by Crippen LogP contribution is -2.40. The number of ether oxygens (including phenoxy) is 1. The number of hydrogen-bond donors (Lipinski definition) is 0. The van der Waals surface area contributed by atoms with Crippen LogP contribution in [0.15, 0.2) is 41.8 Å². The zero-order valence-electron chi connectivity index (χ0n) is 12.4. The molecule has 1 amide bonds. The lowest BCUT2D eigenvalue weighted by atomic mass is 10.0. The van der Waals surface area contributed by atoms with E-state index >= 15 is 0 Å². The van der Waals surface area contributed by atoms with Crippen molar-refractivity contribution in [3.8, 4) is 11.1 Å². The van der Waals surface area contributed by atoms with E-state index in [0.29, 0.717) is 31.9 Å². The van der Waals surface area contributed by atoms with Crippen LogP contribution in [0.3, 0.4) is 0 Å². The van der Waals surface area contributed by atoms with Crippen LogP contribution < -0.4 is 0 Å². The van der Waals surface area contributed by atoms with Gasteiger partial charge in [0, 0.05) is 41.5 Å². The molecule has 1 aromatic heterocycles. The molecule has 0 radical (unpaired) electrons. The maximum absolute atomic E-state index is 12.6. The van der Waals surface area contributed by atoms with Crippen LogP contribution in [0.1, 0.15) is 10.4 Å². The Hall–Kier alpha value is -1.92. The minimum atomic E-state index is 0.0500. The lowest BCUT2D eigenvalue weighted by molar-refractivity contribution is 0.0303. The average Bonchev–Trinajstić information content (AvgIpc) is 2.62. The largest absolute Gasteiger partial charge is 0.378 e. The van der Waals surface area contributed by atoms with Gasteiger partial charge in [0.25, 0.3) is 5.91 Å². The Morgan fingerprint density at radius 1 is 1.23 bits per heavy atom. The summed E-state index contributed by atoms with van der Waals surface area (Å²) in [5, 5.41) is 0. The third-order valence-corrected chi connectivity index (χ3v) is 4.41. The number of thioether (sulfide) groups is 1. The summed E-state index contributed by atoms with van der Waals surface area (Å²) in [7, 11) is 0. The van der Waals surface area contributed by atoms with Crippen molar-refractivity contribution < 1.29 is 9.53 Å². The van der Waals surface area contributed by atoms with Crippen molar-refractivity contribution in [3.05, 3.63) is 42.5 Å². The van der Waals surface area contributed by atoms with Crippen molar-refractivity contribution in [1.29, 1.82) is 0 Å². The summed E-state index contributed by atoms with van der Waals surface area (Å²) < 4.78 is 5.30. The van der Waals surface area contributed by atoms with Crippen LogP contribution in [0.2, 0.25) is 0 Å². The predicted molar refractivity (Wildman–Crippen MR) is 86.0 cm³/mol. The van der Waals surface area contributed by atoms with Crippen LogP contribution in [-0.4, -0.2) is 53.3 Å². The summed E-state index contributed by atoms with van der Waals surface area (Å²) >= 11 is 1.65. The van der Waals surface area contributed by atoms with Crippen molar-refractivity contribution in [2.45, 2.75) is 4.90 Å². The van der Waals surface area contributed by atoms with E-state index < -0.39 is 0 Å². The molecule has 5 nitrogen and oxygen atoms in total. The standard InChI is InChI=1S/C16H17N3O2S/c1-22-15-3-2-12(16(20)19-4-6-21-7-5-19)8-14(15)13-9-17-11-18-10-13/h2-3,8-11H,4-7H2,1H3. The van der Waals surface area contributed by atoms with Gasteiger partial charge in [-0.2, -0.15) is 0 Å². The number of aromatic nitrogens is 2. The molecule has 1 saturated heterocycles. The van der Waals surface area contributed by atoms with Gasteiger partial charge in [0.15, 0.2) is 0 Å². The first kappa shape index (κ1) is 15.0. The number of nitrogens with zero attached hydrogens (tertiary/aromatic N) is 3. The van der Waals surface area contributed by atoms with Crippen molar-refractivity contribution in [2.75, 3.05) is 32.6 Å². The fourth-order valence-electron chi connectivity index (χ4n) is 2.45. The van der Waals surface area contributed by atoms with Gasteiger partial charge in [-0.15, -0.1) is 11.8 Å². The van der Waals surface area contributed by atoms with E-state index in [4.69, 9.17) is 4.74 Å². The molecule has 0 spiro atoms. The Bertz CT molecular complexity index is 658. The number of carbonyl (C=O) groups is 1. The third kappa shape index (κ3) is 3.13. The molecule has 1 aliphatic rings. The molecule has 114 valence electrons. The molecule has 6 heteroatoms. The highest BCUT2D eigenvalue weighted by Gasteiger charge is 2.19. The van der Waals surface area contributed by atoms with Crippen LogP contribution >= 0.6 is 11.8 Å². The van der Waals surface area contributed by atoms with Gasteiger partial charge in [-0.25, -0.2) is 9.97 Å². The first-order valence-electron chi connectivity index (χ1n) is 7.10. The van der Waals surface area contributed by atoms with E-state index in [-0.39, 0.29) is 5.91 Å². The van der Waals surface area contributed by atoms with E-state index in [0.717, 1.165) is 16.0 Å². The first-order valence-corrected chi connectivity index (χ1v) is 8.32. The van der Waals surface area contributed by atoms with Gasteiger partial charge in [-0.3, -0.25) is 4.79 Å². The van der Waals surface area contributed by atoms with Crippen molar-refractivity contribution >= 4 is 17.7 Å². The fourth-order valence-corrected chi connectivity index (χ4v) is 3.05. The minimum absolute atomic E-state index is 0.0500. The molecule has 1 aliphatic heterocycles. The summed E-state index contributed by atoms with van der Waals surface area (Å²) in [4.78, 5) is 23.7. The van der Waals surface area contributed by atoms with E-state index in [1.54, 1.807) is 24.2 Å². The highest BCUT2D eigenvalue weighted by molar-refractivity contribution is 7.98. The number of rotatable bonds is 3. The van der Waals surface area contributed by atoms with Gasteiger partial charge in [0.2, 0.25) is 0 Å². The Morgan fingerprint density at radius 3 is 2.64 bits per heavy atom. The Morgan fingerprint density at radius 2 is 1.95 bits per heavy atom. The topological polar surface area (TPSA) is 55.3 Å². The van der Waals surface area contributed by atoms with E-state index in [9.17, 15) is 4.79 Å². The molecular weight excluding hydrogens is 298 g/mol. The quantitative estimate of drug-likeness (QED) is 0.814. The zero-order chi connectivity index (χ0) is 15.4. The van der Waals surface area contributed by atoms with Crippen LogP contribution in [0, 0.1) is 0 Å². The molecule has 0 unspecified atom stereocenters. The molecule has 0 N–H and O–H groups in total. The molecule has 0 aliphatic carbocycles. The second-order valence-corrected chi connectivity index (χ2v) is 5.79. The van der Waals surface area contributed by atoms with Crippen LogP contribution in [0.5, 0.6) is 0 Å². The first-order chi connectivity index (χ1) is 10.8. The van der Waals surface area contributed by atoms with E-state index in [1.165, 1.54) is 6.33 Å². The molecule has 0 saturated carbocycles. The van der Waals surface area contributed by atoms with Crippen molar-refractivity contribution in [3.63, 3.8) is 0 Å². The summed E-state index contributed by atoms with van der Waals surface area (Å²) in [5.41, 5.74) is 2.61. The van der Waals surface area contributed by atoms with Crippen LogP contribution in [0.4, 0.5) is 0 Å². The second kappa shape index (κ2) is 6.89. The minimum Gasteiger partial charge on any atom is -0.378 e. The normalized spacial score (nSPS) is 14.9. The Labute approximate surface area is 133 Å². The zero-order valence-corrected chi connectivity index (χ0v) is 13.2. The monoisotopic (exact) mass is 315 g/mol.